The van der Waals surface area contributed by atoms with Crippen molar-refractivity contribution in [2.24, 2.45) is 5.92 Å². The van der Waals surface area contributed by atoms with E-state index in [0.29, 0.717) is 12.6 Å². The van der Waals surface area contributed by atoms with Crippen LogP contribution >= 0.6 is 0 Å². The lowest BCUT2D eigenvalue weighted by molar-refractivity contribution is -0.126. The molecule has 0 aromatic rings. The van der Waals surface area contributed by atoms with Crippen LogP contribution in [-0.4, -0.2) is 38.3 Å². The Hall–Kier alpha value is -0.610. The monoisotopic (exact) mass is 254 g/mol. The Morgan fingerprint density at radius 1 is 1.22 bits per heavy atom. The topological polar surface area (TPSA) is 50.4 Å². The Morgan fingerprint density at radius 2 is 2.06 bits per heavy atom. The number of nitrogens with one attached hydrogen (secondary N) is 2. The lowest BCUT2D eigenvalue weighted by atomic mass is 9.95. The van der Waals surface area contributed by atoms with Gasteiger partial charge in [-0.25, -0.2) is 0 Å². The van der Waals surface area contributed by atoms with Crippen molar-refractivity contribution < 1.29 is 9.53 Å². The van der Waals surface area contributed by atoms with E-state index in [0.717, 1.165) is 38.3 Å². The highest BCUT2D eigenvalue weighted by molar-refractivity contribution is 5.77. The zero-order valence-corrected chi connectivity index (χ0v) is 11.2. The Morgan fingerprint density at radius 3 is 2.78 bits per heavy atom. The summed E-state index contributed by atoms with van der Waals surface area (Å²) in [4.78, 5) is 11.7. The van der Waals surface area contributed by atoms with Gasteiger partial charge in [-0.15, -0.1) is 0 Å². The number of amides is 1. The van der Waals surface area contributed by atoms with Crippen molar-refractivity contribution in [3.8, 4) is 0 Å². The van der Waals surface area contributed by atoms with Gasteiger partial charge in [0.15, 0.2) is 0 Å². The Balaban J connectivity index is 1.48. The van der Waals surface area contributed by atoms with E-state index in [1.807, 2.05) is 0 Å². The van der Waals surface area contributed by atoms with Crippen molar-refractivity contribution in [3.05, 3.63) is 0 Å². The molecular weight excluding hydrogens is 228 g/mol. The predicted molar refractivity (Wildman–Crippen MR) is 71.4 cm³/mol. The van der Waals surface area contributed by atoms with Crippen LogP contribution in [0.2, 0.25) is 0 Å². The van der Waals surface area contributed by atoms with Gasteiger partial charge >= 0.3 is 0 Å². The Bertz CT molecular complexity index is 246. The van der Waals surface area contributed by atoms with Crippen LogP contribution in [0, 0.1) is 5.92 Å². The SMILES string of the molecule is O=C(COCCC1CCNC1)NC1CCCCC1. The molecule has 1 atom stereocenters. The third-order valence-electron chi connectivity index (χ3n) is 4.04. The number of ether oxygens (including phenoxy) is 1. The molecule has 1 aliphatic carbocycles. The van der Waals surface area contributed by atoms with Gasteiger partial charge < -0.3 is 15.4 Å². The van der Waals surface area contributed by atoms with Crippen molar-refractivity contribution in [1.82, 2.24) is 10.6 Å². The third-order valence-corrected chi connectivity index (χ3v) is 4.04. The van der Waals surface area contributed by atoms with Gasteiger partial charge in [0.2, 0.25) is 5.91 Å². The summed E-state index contributed by atoms with van der Waals surface area (Å²) < 4.78 is 5.46. The van der Waals surface area contributed by atoms with Gasteiger partial charge in [0.05, 0.1) is 0 Å². The summed E-state index contributed by atoms with van der Waals surface area (Å²) in [5.41, 5.74) is 0. The van der Waals surface area contributed by atoms with Gasteiger partial charge in [0.25, 0.3) is 0 Å². The van der Waals surface area contributed by atoms with E-state index in [4.69, 9.17) is 4.74 Å². The standard InChI is InChI=1S/C14H26N2O2/c17-14(16-13-4-2-1-3-5-13)11-18-9-7-12-6-8-15-10-12/h12-13,15H,1-11H2,(H,16,17). The van der Waals surface area contributed by atoms with Crippen LogP contribution in [0.3, 0.4) is 0 Å². The van der Waals surface area contributed by atoms with Crippen molar-refractivity contribution in [3.63, 3.8) is 0 Å². The fraction of sp³-hybridized carbons (Fsp3) is 0.929. The molecule has 4 nitrogen and oxygen atoms in total. The molecule has 1 aliphatic heterocycles. The smallest absolute Gasteiger partial charge is 0.246 e. The molecular formula is C14H26N2O2. The molecule has 1 amide bonds. The van der Waals surface area contributed by atoms with Crippen LogP contribution in [0.5, 0.6) is 0 Å². The minimum Gasteiger partial charge on any atom is -0.372 e. The largest absolute Gasteiger partial charge is 0.372 e. The van der Waals surface area contributed by atoms with Crippen LogP contribution in [0.25, 0.3) is 0 Å². The van der Waals surface area contributed by atoms with Crippen LogP contribution in [0.4, 0.5) is 0 Å². The first kappa shape index (κ1) is 13.8. The molecule has 18 heavy (non-hydrogen) atoms. The summed E-state index contributed by atoms with van der Waals surface area (Å²) >= 11 is 0. The molecule has 2 rings (SSSR count). The number of hydrogen-bond donors (Lipinski definition) is 2. The lowest BCUT2D eigenvalue weighted by Crippen LogP contribution is -2.38. The van der Waals surface area contributed by atoms with Gasteiger partial charge in [0.1, 0.15) is 6.61 Å². The maximum Gasteiger partial charge on any atom is 0.246 e. The highest BCUT2D eigenvalue weighted by Crippen LogP contribution is 2.17. The zero-order chi connectivity index (χ0) is 12.6. The Labute approximate surface area is 110 Å². The summed E-state index contributed by atoms with van der Waals surface area (Å²) in [6, 6.07) is 0.397. The second kappa shape index (κ2) is 7.74. The van der Waals surface area contributed by atoms with E-state index in [-0.39, 0.29) is 12.5 Å². The van der Waals surface area contributed by atoms with Gasteiger partial charge in [-0.2, -0.15) is 0 Å². The number of carbonyl (C=O) groups is 1. The summed E-state index contributed by atoms with van der Waals surface area (Å²) in [5, 5.41) is 6.41. The average molecular weight is 254 g/mol. The lowest BCUT2D eigenvalue weighted by Gasteiger charge is -2.22. The number of carbonyl (C=O) groups excluding carboxylic acids is 1. The molecule has 0 bridgehead atoms. The van der Waals surface area contributed by atoms with Gasteiger partial charge in [-0.3, -0.25) is 4.79 Å². The van der Waals surface area contributed by atoms with E-state index in [1.54, 1.807) is 0 Å². The number of hydrogen-bond acceptors (Lipinski definition) is 3. The molecule has 2 N–H and O–H groups in total. The van der Waals surface area contributed by atoms with E-state index in [1.165, 1.54) is 25.7 Å². The van der Waals surface area contributed by atoms with Crippen molar-refractivity contribution in [2.45, 2.75) is 51.0 Å². The van der Waals surface area contributed by atoms with Gasteiger partial charge in [-0.05, 0) is 44.7 Å². The Kier molecular flexibility index (Phi) is 5.94. The zero-order valence-electron chi connectivity index (χ0n) is 11.2. The van der Waals surface area contributed by atoms with Crippen molar-refractivity contribution in [2.75, 3.05) is 26.3 Å². The van der Waals surface area contributed by atoms with Crippen molar-refractivity contribution >= 4 is 5.91 Å². The average Bonchev–Trinajstić information content (AvgIpc) is 2.89. The van der Waals surface area contributed by atoms with E-state index >= 15 is 0 Å². The predicted octanol–water partition coefficient (Wildman–Crippen LogP) is 1.45. The van der Waals surface area contributed by atoms with Crippen LogP contribution < -0.4 is 10.6 Å². The molecule has 1 heterocycles. The second-order valence-corrected chi connectivity index (χ2v) is 5.60. The molecule has 104 valence electrons. The molecule has 0 aromatic heterocycles. The molecule has 0 spiro atoms. The highest BCUT2D eigenvalue weighted by atomic mass is 16.5. The summed E-state index contributed by atoms with van der Waals surface area (Å²) in [7, 11) is 0. The molecule has 1 saturated heterocycles. The normalized spacial score (nSPS) is 25.2. The molecule has 4 heteroatoms. The number of rotatable bonds is 6. The maximum absolute atomic E-state index is 11.7. The molecule has 2 aliphatic rings. The van der Waals surface area contributed by atoms with E-state index in [9.17, 15) is 4.79 Å². The third kappa shape index (κ3) is 4.94. The minimum atomic E-state index is 0.0615. The summed E-state index contributed by atoms with van der Waals surface area (Å²) in [5.74, 6) is 0.804. The quantitative estimate of drug-likeness (QED) is 0.705. The van der Waals surface area contributed by atoms with Crippen LogP contribution in [0.1, 0.15) is 44.9 Å². The van der Waals surface area contributed by atoms with E-state index < -0.39 is 0 Å². The molecule has 2 fully saturated rings. The van der Waals surface area contributed by atoms with Crippen LogP contribution in [-0.2, 0) is 9.53 Å². The summed E-state index contributed by atoms with van der Waals surface area (Å²) in [6.07, 6.45) is 8.42. The first-order chi connectivity index (χ1) is 8.84. The fourth-order valence-corrected chi connectivity index (χ4v) is 2.89. The minimum absolute atomic E-state index is 0.0615. The molecule has 1 unspecified atom stereocenters. The first-order valence-electron chi connectivity index (χ1n) is 7.42. The summed E-state index contributed by atoms with van der Waals surface area (Å²) in [6.45, 7) is 3.19. The van der Waals surface area contributed by atoms with Gasteiger partial charge in [-0.1, -0.05) is 19.3 Å². The second-order valence-electron chi connectivity index (χ2n) is 5.60. The molecule has 1 saturated carbocycles. The maximum atomic E-state index is 11.7. The van der Waals surface area contributed by atoms with Crippen molar-refractivity contribution in [1.29, 1.82) is 0 Å². The van der Waals surface area contributed by atoms with Gasteiger partial charge in [0, 0.05) is 12.6 Å². The molecule has 0 aromatic carbocycles. The van der Waals surface area contributed by atoms with E-state index in [2.05, 4.69) is 10.6 Å². The van der Waals surface area contributed by atoms with Crippen LogP contribution in [0.15, 0.2) is 0 Å². The molecule has 0 radical (unpaired) electrons. The highest BCUT2D eigenvalue weighted by Gasteiger charge is 2.16. The first-order valence-corrected chi connectivity index (χ1v) is 7.42. The fourth-order valence-electron chi connectivity index (χ4n) is 2.89.